The van der Waals surface area contributed by atoms with Crippen molar-refractivity contribution in [2.24, 2.45) is 0 Å². The third-order valence-corrected chi connectivity index (χ3v) is 9.02. The number of rotatable bonds is 13. The Morgan fingerprint density at radius 1 is 0.860 bits per heavy atom. The van der Waals surface area contributed by atoms with Crippen LogP contribution >= 0.6 is 11.6 Å². The number of ether oxygens (including phenoxy) is 1. The molecule has 4 rings (SSSR count). The number of hydrogen-bond acceptors (Lipinski definition) is 5. The highest BCUT2D eigenvalue weighted by Gasteiger charge is 2.34. The first-order chi connectivity index (χ1) is 20.7. The van der Waals surface area contributed by atoms with E-state index in [0.29, 0.717) is 28.6 Å². The van der Waals surface area contributed by atoms with E-state index in [4.69, 9.17) is 16.3 Å². The molecule has 2 amide bonds. The number of halogens is 1. The lowest BCUT2D eigenvalue weighted by atomic mass is 10.0. The lowest BCUT2D eigenvalue weighted by Crippen LogP contribution is -2.53. The van der Waals surface area contributed by atoms with E-state index in [2.05, 4.69) is 5.32 Å². The first-order valence-corrected chi connectivity index (χ1v) is 15.7. The van der Waals surface area contributed by atoms with Crippen molar-refractivity contribution in [1.29, 1.82) is 0 Å². The highest BCUT2D eigenvalue weighted by Crippen LogP contribution is 2.27. The van der Waals surface area contributed by atoms with Gasteiger partial charge in [0.05, 0.1) is 17.2 Å². The largest absolute Gasteiger partial charge is 0.494 e. The molecule has 0 unspecified atom stereocenters. The average molecular weight is 620 g/mol. The van der Waals surface area contributed by atoms with Crippen molar-refractivity contribution in [3.05, 3.63) is 125 Å². The molecule has 4 aromatic rings. The number of amides is 2. The van der Waals surface area contributed by atoms with E-state index in [-0.39, 0.29) is 23.8 Å². The average Bonchev–Trinajstić information content (AvgIpc) is 3.03. The summed E-state index contributed by atoms with van der Waals surface area (Å²) in [6, 6.07) is 29.9. The van der Waals surface area contributed by atoms with Gasteiger partial charge in [0, 0.05) is 25.0 Å². The molecule has 224 valence electrons. The molecule has 0 aliphatic carbocycles. The number of benzene rings is 4. The second-order valence-corrected chi connectivity index (χ2v) is 12.0. The molecule has 0 aliphatic heterocycles. The first kappa shape index (κ1) is 31.6. The molecule has 43 heavy (non-hydrogen) atoms. The van der Waals surface area contributed by atoms with E-state index in [1.807, 2.05) is 37.3 Å². The van der Waals surface area contributed by atoms with E-state index in [1.165, 1.54) is 24.1 Å². The molecule has 0 fully saturated rings. The zero-order chi connectivity index (χ0) is 30.8. The van der Waals surface area contributed by atoms with Crippen molar-refractivity contribution in [2.75, 3.05) is 24.5 Å². The molecule has 0 radical (unpaired) electrons. The Morgan fingerprint density at radius 3 is 2.07 bits per heavy atom. The van der Waals surface area contributed by atoms with Crippen LogP contribution in [0.15, 0.2) is 114 Å². The monoisotopic (exact) mass is 619 g/mol. The summed E-state index contributed by atoms with van der Waals surface area (Å²) in [6.07, 6.45) is 0.216. The fourth-order valence-corrected chi connectivity index (χ4v) is 6.27. The highest BCUT2D eigenvalue weighted by molar-refractivity contribution is 7.92. The first-order valence-electron chi connectivity index (χ1n) is 13.8. The van der Waals surface area contributed by atoms with Gasteiger partial charge in [-0.25, -0.2) is 8.42 Å². The van der Waals surface area contributed by atoms with Gasteiger partial charge in [-0.1, -0.05) is 78.3 Å². The standard InChI is InChI=1S/C33H34ClN3O5S/c1-3-42-28-18-20-29(21-19-28)43(40,41)37(27-15-8-5-9-16-27)24-32(38)36(23-26-14-10-11-17-30(26)34)31(33(39)35-2)22-25-12-6-4-7-13-25/h4-21,31H,3,22-24H2,1-2H3,(H,35,39)/t31-/m0/s1. The minimum absolute atomic E-state index is 0.00241. The van der Waals surface area contributed by atoms with E-state index >= 15 is 0 Å². The maximum atomic E-state index is 14.3. The number of hydrogen-bond donors (Lipinski definition) is 1. The van der Waals surface area contributed by atoms with Crippen LogP contribution in [0.25, 0.3) is 0 Å². The van der Waals surface area contributed by atoms with Crippen LogP contribution in [0, 0.1) is 0 Å². The summed E-state index contributed by atoms with van der Waals surface area (Å²) in [5.74, 6) is -0.420. The number of nitrogens with one attached hydrogen (secondary N) is 1. The van der Waals surface area contributed by atoms with Gasteiger partial charge >= 0.3 is 0 Å². The molecule has 0 bridgehead atoms. The molecule has 0 saturated carbocycles. The molecular formula is C33H34ClN3O5S. The molecule has 10 heteroatoms. The summed E-state index contributed by atoms with van der Waals surface area (Å²) in [7, 11) is -2.70. The molecule has 8 nitrogen and oxygen atoms in total. The lowest BCUT2D eigenvalue weighted by Gasteiger charge is -2.33. The number of anilines is 1. The maximum absolute atomic E-state index is 14.3. The highest BCUT2D eigenvalue weighted by atomic mass is 35.5. The fourth-order valence-electron chi connectivity index (χ4n) is 4.66. The summed E-state index contributed by atoms with van der Waals surface area (Å²) >= 11 is 6.49. The quantitative estimate of drug-likeness (QED) is 0.219. The van der Waals surface area contributed by atoms with Crippen LogP contribution in [0.3, 0.4) is 0 Å². The molecule has 0 heterocycles. The Labute approximate surface area is 257 Å². The zero-order valence-corrected chi connectivity index (χ0v) is 25.6. The van der Waals surface area contributed by atoms with Gasteiger partial charge in [0.1, 0.15) is 18.3 Å². The van der Waals surface area contributed by atoms with Gasteiger partial charge in [0.15, 0.2) is 0 Å². The molecule has 0 saturated heterocycles. The predicted octanol–water partition coefficient (Wildman–Crippen LogP) is 5.32. The lowest BCUT2D eigenvalue weighted by molar-refractivity contribution is -0.139. The Kier molecular flexibility index (Phi) is 10.8. The van der Waals surface area contributed by atoms with Crippen LogP contribution in [0.2, 0.25) is 5.02 Å². The number of likely N-dealkylation sites (N-methyl/N-ethyl adjacent to an activating group) is 1. The molecule has 1 atom stereocenters. The topological polar surface area (TPSA) is 96.0 Å². The van der Waals surface area contributed by atoms with Crippen molar-refractivity contribution in [2.45, 2.75) is 30.8 Å². The third-order valence-electron chi connectivity index (χ3n) is 6.86. The Hall–Kier alpha value is -4.34. The molecule has 1 N–H and O–H groups in total. The van der Waals surface area contributed by atoms with Crippen molar-refractivity contribution < 1.29 is 22.7 Å². The van der Waals surface area contributed by atoms with Gasteiger partial charge in [-0.2, -0.15) is 0 Å². The van der Waals surface area contributed by atoms with Gasteiger partial charge in [-0.05, 0) is 60.5 Å². The number of carbonyl (C=O) groups is 2. The summed E-state index contributed by atoms with van der Waals surface area (Å²) < 4.78 is 34.6. The minimum Gasteiger partial charge on any atom is -0.494 e. The van der Waals surface area contributed by atoms with E-state index in [1.54, 1.807) is 66.7 Å². The van der Waals surface area contributed by atoms with Gasteiger partial charge < -0.3 is 15.0 Å². The molecule has 0 spiro atoms. The fraction of sp³-hybridized carbons (Fsp3) is 0.212. The molecular weight excluding hydrogens is 586 g/mol. The van der Waals surface area contributed by atoms with E-state index in [0.717, 1.165) is 9.87 Å². The summed E-state index contributed by atoms with van der Waals surface area (Å²) in [4.78, 5) is 29.0. The maximum Gasteiger partial charge on any atom is 0.264 e. The van der Waals surface area contributed by atoms with Crippen LogP contribution in [0.4, 0.5) is 5.69 Å². The van der Waals surface area contributed by atoms with Gasteiger partial charge in [0.2, 0.25) is 11.8 Å². The van der Waals surface area contributed by atoms with Crippen molar-refractivity contribution >= 4 is 39.1 Å². The number of para-hydroxylation sites is 1. The van der Waals surface area contributed by atoms with Gasteiger partial charge in [0.25, 0.3) is 10.0 Å². The summed E-state index contributed by atoms with van der Waals surface area (Å²) in [5.41, 5.74) is 1.78. The summed E-state index contributed by atoms with van der Waals surface area (Å²) in [5, 5.41) is 3.10. The van der Waals surface area contributed by atoms with Gasteiger partial charge in [-0.3, -0.25) is 13.9 Å². The second-order valence-electron chi connectivity index (χ2n) is 9.68. The van der Waals surface area contributed by atoms with Crippen LogP contribution in [0.1, 0.15) is 18.1 Å². The minimum atomic E-state index is -4.20. The van der Waals surface area contributed by atoms with Crippen LogP contribution in [-0.4, -0.2) is 51.4 Å². The predicted molar refractivity (Wildman–Crippen MR) is 169 cm³/mol. The van der Waals surface area contributed by atoms with Crippen molar-refractivity contribution in [1.82, 2.24) is 10.2 Å². The number of nitrogens with zero attached hydrogens (tertiary/aromatic N) is 2. The molecule has 4 aromatic carbocycles. The smallest absolute Gasteiger partial charge is 0.264 e. The van der Waals surface area contributed by atoms with Crippen LogP contribution in [0.5, 0.6) is 5.75 Å². The Morgan fingerprint density at radius 2 is 1.47 bits per heavy atom. The molecule has 0 aromatic heterocycles. The SMILES string of the molecule is CCOc1ccc(S(=O)(=O)N(CC(=O)N(Cc2ccccc2Cl)[C@@H](Cc2ccccc2)C(=O)NC)c2ccccc2)cc1. The zero-order valence-electron chi connectivity index (χ0n) is 24.0. The normalized spacial score (nSPS) is 11.8. The molecule has 0 aliphatic rings. The Balaban J connectivity index is 1.76. The Bertz CT molecular complexity index is 1620. The number of carbonyl (C=O) groups excluding carboxylic acids is 2. The second kappa shape index (κ2) is 14.7. The van der Waals surface area contributed by atoms with E-state index in [9.17, 15) is 18.0 Å². The van der Waals surface area contributed by atoms with Crippen molar-refractivity contribution in [3.8, 4) is 5.75 Å². The third kappa shape index (κ3) is 7.94. The van der Waals surface area contributed by atoms with E-state index < -0.39 is 28.5 Å². The van der Waals surface area contributed by atoms with Crippen LogP contribution < -0.4 is 14.4 Å². The van der Waals surface area contributed by atoms with Crippen LogP contribution in [-0.2, 0) is 32.6 Å². The van der Waals surface area contributed by atoms with Crippen molar-refractivity contribution in [3.63, 3.8) is 0 Å². The number of sulfonamides is 1. The summed E-state index contributed by atoms with van der Waals surface area (Å²) in [6.45, 7) is 1.72. The van der Waals surface area contributed by atoms with Gasteiger partial charge in [-0.15, -0.1) is 0 Å².